The van der Waals surface area contributed by atoms with Crippen LogP contribution in [-0.2, 0) is 27.9 Å². The van der Waals surface area contributed by atoms with Gasteiger partial charge in [0.05, 0.1) is 34.4 Å². The van der Waals surface area contributed by atoms with Crippen LogP contribution in [0.1, 0.15) is 206 Å². The molecule has 0 aliphatic carbocycles. The SMILES string of the molecule is CC/C=C\C/C=C\C/C=C\C/C=C\CCCCCCCCCOCC(COP(=O)(O)OCC[N+](C)(C)C)OC(=O)CCCCCCCCCCCCCCCCCCC. The number of esters is 1. The van der Waals surface area contributed by atoms with Crippen molar-refractivity contribution < 1.29 is 37.3 Å². The van der Waals surface area contributed by atoms with Crippen molar-refractivity contribution in [3.63, 3.8) is 0 Å². The molecule has 0 bridgehead atoms. The third-order valence-corrected chi connectivity index (χ3v) is 11.4. The molecule has 346 valence electrons. The second kappa shape index (κ2) is 43.1. The highest BCUT2D eigenvalue weighted by Crippen LogP contribution is 2.43. The summed E-state index contributed by atoms with van der Waals surface area (Å²) in [6, 6.07) is 0. The van der Waals surface area contributed by atoms with Crippen LogP contribution in [-0.4, -0.2) is 75.6 Å². The molecule has 1 N–H and O–H groups in total. The highest BCUT2D eigenvalue weighted by atomic mass is 31.2. The van der Waals surface area contributed by atoms with Gasteiger partial charge < -0.3 is 18.9 Å². The van der Waals surface area contributed by atoms with Crippen LogP contribution in [0.15, 0.2) is 48.6 Å². The Labute approximate surface area is 365 Å². The second-order valence-corrected chi connectivity index (χ2v) is 18.9. The molecule has 0 fully saturated rings. The van der Waals surface area contributed by atoms with Crippen molar-refractivity contribution in [3.8, 4) is 0 Å². The zero-order valence-electron chi connectivity index (χ0n) is 39.2. The normalized spacial score (nSPS) is 14.1. The van der Waals surface area contributed by atoms with E-state index in [9.17, 15) is 14.3 Å². The summed E-state index contributed by atoms with van der Waals surface area (Å²) < 4.78 is 35.1. The van der Waals surface area contributed by atoms with Crippen molar-refractivity contribution in [2.45, 2.75) is 213 Å². The topological polar surface area (TPSA) is 91.3 Å². The van der Waals surface area contributed by atoms with Crippen molar-refractivity contribution in [2.24, 2.45) is 0 Å². The number of hydrogen-bond acceptors (Lipinski definition) is 6. The minimum atomic E-state index is -4.28. The molecule has 0 rings (SSSR count). The Balaban J connectivity index is 4.18. The summed E-state index contributed by atoms with van der Waals surface area (Å²) in [5.41, 5.74) is 0. The quantitative estimate of drug-likeness (QED) is 0.0214. The van der Waals surface area contributed by atoms with Gasteiger partial charge in [-0.3, -0.25) is 13.8 Å². The van der Waals surface area contributed by atoms with Gasteiger partial charge in [0.15, 0.2) is 0 Å². The van der Waals surface area contributed by atoms with Gasteiger partial charge in [0.2, 0.25) is 0 Å². The smallest absolute Gasteiger partial charge is 0.457 e. The Morgan fingerprint density at radius 2 is 0.983 bits per heavy atom. The van der Waals surface area contributed by atoms with Gasteiger partial charge in [-0.05, 0) is 51.4 Å². The molecule has 59 heavy (non-hydrogen) atoms. The highest BCUT2D eigenvalue weighted by Gasteiger charge is 2.26. The lowest BCUT2D eigenvalue weighted by molar-refractivity contribution is -0.870. The average Bonchev–Trinajstić information content (AvgIpc) is 3.19. The van der Waals surface area contributed by atoms with Gasteiger partial charge in [-0.2, -0.15) is 0 Å². The minimum absolute atomic E-state index is 0.0861. The van der Waals surface area contributed by atoms with E-state index >= 15 is 0 Å². The van der Waals surface area contributed by atoms with E-state index in [0.29, 0.717) is 24.1 Å². The lowest BCUT2D eigenvalue weighted by Gasteiger charge is -2.24. The van der Waals surface area contributed by atoms with Crippen molar-refractivity contribution in [3.05, 3.63) is 48.6 Å². The monoisotopic (exact) mass is 853 g/mol. The fourth-order valence-corrected chi connectivity index (χ4v) is 7.40. The molecule has 2 unspecified atom stereocenters. The Morgan fingerprint density at radius 3 is 1.47 bits per heavy atom. The van der Waals surface area contributed by atoms with Crippen molar-refractivity contribution in [1.29, 1.82) is 0 Å². The minimum Gasteiger partial charge on any atom is -0.457 e. The maximum absolute atomic E-state index is 12.7. The number of ether oxygens (including phenoxy) is 2. The molecular weight excluding hydrogens is 758 g/mol. The number of phosphoric acid groups is 1. The number of carbonyl (C=O) groups is 1. The number of quaternary nitrogens is 1. The van der Waals surface area contributed by atoms with E-state index in [0.717, 1.165) is 64.2 Å². The fourth-order valence-electron chi connectivity index (χ4n) is 6.66. The predicted octanol–water partition coefficient (Wildman–Crippen LogP) is 14.7. The van der Waals surface area contributed by atoms with E-state index < -0.39 is 13.9 Å². The van der Waals surface area contributed by atoms with Crippen molar-refractivity contribution in [2.75, 3.05) is 54.1 Å². The third-order valence-electron chi connectivity index (χ3n) is 10.4. The molecule has 0 saturated heterocycles. The first-order valence-electron chi connectivity index (χ1n) is 24.4. The van der Waals surface area contributed by atoms with E-state index in [1.807, 2.05) is 21.1 Å². The molecule has 0 amide bonds. The summed E-state index contributed by atoms with van der Waals surface area (Å²) >= 11 is 0. The number of carbonyl (C=O) groups excluding carboxylic acids is 1. The van der Waals surface area contributed by atoms with Crippen LogP contribution in [0.4, 0.5) is 0 Å². The number of phosphoric ester groups is 1. The molecule has 2 atom stereocenters. The van der Waals surface area contributed by atoms with Gasteiger partial charge in [-0.25, -0.2) is 4.57 Å². The number of unbranched alkanes of at least 4 members (excludes halogenated alkanes) is 23. The molecule has 0 spiro atoms. The lowest BCUT2D eigenvalue weighted by atomic mass is 10.0. The first-order valence-corrected chi connectivity index (χ1v) is 25.9. The van der Waals surface area contributed by atoms with Crippen LogP contribution in [0, 0.1) is 0 Å². The van der Waals surface area contributed by atoms with Gasteiger partial charge in [0.25, 0.3) is 0 Å². The van der Waals surface area contributed by atoms with E-state index in [1.165, 1.54) is 122 Å². The summed E-state index contributed by atoms with van der Waals surface area (Å²) in [4.78, 5) is 23.0. The first-order chi connectivity index (χ1) is 28.6. The standard InChI is InChI=1S/C50H94NO7P/c1-6-8-10-12-14-16-18-20-22-24-25-26-28-30-32-34-36-38-40-42-45-55-47-49(48-57-59(53,54)56-46-44-51(3,4)5)58-50(52)43-41-39-37-35-33-31-29-27-23-21-19-17-15-13-11-9-7-2/h8,10,14,16,20,22,25-26,49H,6-7,9,11-13,15,17-19,21,23-24,27-48H2,1-5H3/p+1/b10-8-,16-14-,22-20-,26-25-. The summed E-state index contributed by atoms with van der Waals surface area (Å²) in [6.45, 7) is 5.51. The second-order valence-electron chi connectivity index (χ2n) is 17.5. The fraction of sp³-hybridized carbons (Fsp3) is 0.820. The van der Waals surface area contributed by atoms with Crippen LogP contribution >= 0.6 is 7.82 Å². The molecule has 0 heterocycles. The van der Waals surface area contributed by atoms with Gasteiger partial charge in [-0.15, -0.1) is 0 Å². The molecule has 0 saturated carbocycles. The number of hydrogen-bond donors (Lipinski definition) is 1. The number of likely N-dealkylation sites (N-methyl/N-ethyl adjacent to an activating group) is 1. The van der Waals surface area contributed by atoms with Crippen LogP contribution in [0.5, 0.6) is 0 Å². The largest absolute Gasteiger partial charge is 0.472 e. The molecule has 0 aromatic carbocycles. The first kappa shape index (κ1) is 57.5. The van der Waals surface area contributed by atoms with Crippen LogP contribution in [0.3, 0.4) is 0 Å². The number of rotatable bonds is 45. The zero-order chi connectivity index (χ0) is 43.4. The Hall–Kier alpha value is -1.54. The van der Waals surface area contributed by atoms with Gasteiger partial charge in [0, 0.05) is 13.0 Å². The van der Waals surface area contributed by atoms with E-state index in [-0.39, 0.29) is 25.8 Å². The Bertz CT molecular complexity index is 1080. The van der Waals surface area contributed by atoms with E-state index in [2.05, 4.69) is 62.5 Å². The average molecular weight is 853 g/mol. The van der Waals surface area contributed by atoms with E-state index in [4.69, 9.17) is 18.5 Å². The third kappa shape index (κ3) is 47.4. The van der Waals surface area contributed by atoms with Crippen LogP contribution in [0.25, 0.3) is 0 Å². The molecule has 0 radical (unpaired) electrons. The molecular formula is C50H95NO7P+. The molecule has 0 aliphatic heterocycles. The molecule has 0 aliphatic rings. The number of nitrogens with zero attached hydrogens (tertiary/aromatic N) is 1. The molecule has 0 aromatic rings. The van der Waals surface area contributed by atoms with Gasteiger partial charge in [0.1, 0.15) is 19.3 Å². The zero-order valence-corrected chi connectivity index (χ0v) is 40.1. The van der Waals surface area contributed by atoms with Crippen LogP contribution in [0.2, 0.25) is 0 Å². The summed E-state index contributed by atoms with van der Waals surface area (Å²) in [7, 11) is 1.66. The van der Waals surface area contributed by atoms with Crippen molar-refractivity contribution >= 4 is 13.8 Å². The van der Waals surface area contributed by atoms with Crippen molar-refractivity contribution in [1.82, 2.24) is 0 Å². The highest BCUT2D eigenvalue weighted by molar-refractivity contribution is 7.47. The molecule has 8 nitrogen and oxygen atoms in total. The summed E-state index contributed by atoms with van der Waals surface area (Å²) in [6.07, 6.45) is 52.9. The summed E-state index contributed by atoms with van der Waals surface area (Å²) in [5, 5.41) is 0. The number of allylic oxidation sites excluding steroid dienone is 8. The molecule has 9 heteroatoms. The maximum atomic E-state index is 12.7. The maximum Gasteiger partial charge on any atom is 0.472 e. The van der Waals surface area contributed by atoms with E-state index in [1.54, 1.807) is 0 Å². The lowest BCUT2D eigenvalue weighted by Crippen LogP contribution is -2.37. The Morgan fingerprint density at radius 1 is 0.542 bits per heavy atom. The van der Waals surface area contributed by atoms with Crippen LogP contribution < -0.4 is 0 Å². The van der Waals surface area contributed by atoms with Gasteiger partial charge >= 0.3 is 13.8 Å². The van der Waals surface area contributed by atoms with Gasteiger partial charge in [-0.1, -0.05) is 197 Å². The predicted molar refractivity (Wildman–Crippen MR) is 252 cm³/mol. The summed E-state index contributed by atoms with van der Waals surface area (Å²) in [5.74, 6) is -0.316. The molecule has 0 aromatic heterocycles. The Kier molecular flexibility index (Phi) is 42.0.